The van der Waals surface area contributed by atoms with Crippen molar-refractivity contribution in [2.75, 3.05) is 17.7 Å². The van der Waals surface area contributed by atoms with Crippen LogP contribution in [0.5, 0.6) is 0 Å². The molecule has 156 valence electrons. The predicted molar refractivity (Wildman–Crippen MR) is 125 cm³/mol. The zero-order chi connectivity index (χ0) is 21.5. The molecule has 1 aromatic heterocycles. The number of carbonyl (C=O) groups excluding carboxylic acids is 1. The maximum atomic E-state index is 11.5. The first-order valence-electron chi connectivity index (χ1n) is 9.83. The molecule has 7 heteroatoms. The number of thiazole rings is 1. The molecule has 0 saturated heterocycles. The summed E-state index contributed by atoms with van der Waals surface area (Å²) in [6.45, 7) is 3.59. The lowest BCUT2D eigenvalue weighted by Crippen LogP contribution is -2.21. The molecule has 4 N–H and O–H groups in total. The molecule has 6 nitrogen and oxygen atoms in total. The first-order valence-corrected chi connectivity index (χ1v) is 10.6. The van der Waals surface area contributed by atoms with Gasteiger partial charge in [-0.05, 0) is 43.0 Å². The molecule has 0 aliphatic heterocycles. The van der Waals surface area contributed by atoms with Crippen molar-refractivity contribution in [1.82, 2.24) is 4.98 Å². The average molecular weight is 422 g/mol. The molecule has 2 aromatic carbocycles. The summed E-state index contributed by atoms with van der Waals surface area (Å²) in [5.74, 6) is 0.284. The number of benzene rings is 2. The SMILES string of the molecule is CN=C(N)Nc1ccc(CCc2nc(NC(C)=O)sc2Cc2ccc(C)cc2)cc1. The first-order chi connectivity index (χ1) is 14.4. The van der Waals surface area contributed by atoms with Crippen LogP contribution in [0.1, 0.15) is 34.2 Å². The molecule has 0 aliphatic rings. The quantitative estimate of drug-likeness (QED) is 0.395. The molecule has 0 atom stereocenters. The summed E-state index contributed by atoms with van der Waals surface area (Å²) in [5, 5.41) is 6.52. The Balaban J connectivity index is 1.72. The largest absolute Gasteiger partial charge is 0.370 e. The van der Waals surface area contributed by atoms with Gasteiger partial charge >= 0.3 is 0 Å². The van der Waals surface area contributed by atoms with Crippen molar-refractivity contribution < 1.29 is 4.79 Å². The first kappa shape index (κ1) is 21.5. The zero-order valence-electron chi connectivity index (χ0n) is 17.5. The summed E-state index contributed by atoms with van der Waals surface area (Å²) in [5.41, 5.74) is 11.3. The zero-order valence-corrected chi connectivity index (χ0v) is 18.3. The van der Waals surface area contributed by atoms with Gasteiger partial charge in [-0.2, -0.15) is 0 Å². The van der Waals surface area contributed by atoms with E-state index in [0.717, 1.165) is 30.6 Å². The van der Waals surface area contributed by atoms with Crippen LogP contribution in [0, 0.1) is 6.92 Å². The highest BCUT2D eigenvalue weighted by Crippen LogP contribution is 2.27. The number of hydrogen-bond acceptors (Lipinski definition) is 4. The Morgan fingerprint density at radius 2 is 1.70 bits per heavy atom. The number of aliphatic imine (C=N–C) groups is 1. The van der Waals surface area contributed by atoms with Gasteiger partial charge in [0.05, 0.1) is 5.69 Å². The molecule has 0 saturated carbocycles. The predicted octanol–water partition coefficient (Wildman–Crippen LogP) is 4.14. The van der Waals surface area contributed by atoms with E-state index in [2.05, 4.69) is 63.9 Å². The number of rotatable bonds is 7. The van der Waals surface area contributed by atoms with E-state index in [1.54, 1.807) is 18.4 Å². The second kappa shape index (κ2) is 10.0. The Labute approximate surface area is 181 Å². The number of nitrogens with two attached hydrogens (primary N) is 1. The summed E-state index contributed by atoms with van der Waals surface area (Å²) < 4.78 is 0. The number of aromatic nitrogens is 1. The summed E-state index contributed by atoms with van der Waals surface area (Å²) >= 11 is 1.55. The van der Waals surface area contributed by atoms with Crippen molar-refractivity contribution >= 4 is 34.0 Å². The average Bonchev–Trinajstić information content (AvgIpc) is 3.09. The van der Waals surface area contributed by atoms with Crippen LogP contribution < -0.4 is 16.4 Å². The van der Waals surface area contributed by atoms with Crippen molar-refractivity contribution in [2.24, 2.45) is 10.7 Å². The van der Waals surface area contributed by atoms with Crippen molar-refractivity contribution in [3.05, 3.63) is 75.8 Å². The Bertz CT molecular complexity index is 1020. The van der Waals surface area contributed by atoms with Gasteiger partial charge in [-0.25, -0.2) is 4.98 Å². The Hall–Kier alpha value is -3.19. The van der Waals surface area contributed by atoms with Gasteiger partial charge in [-0.1, -0.05) is 42.0 Å². The summed E-state index contributed by atoms with van der Waals surface area (Å²) in [6, 6.07) is 16.7. The molecule has 3 aromatic rings. The lowest BCUT2D eigenvalue weighted by molar-refractivity contribution is -0.114. The summed E-state index contributed by atoms with van der Waals surface area (Å²) in [4.78, 5) is 21.2. The number of guanidine groups is 1. The van der Waals surface area contributed by atoms with Gasteiger partial charge < -0.3 is 16.4 Å². The van der Waals surface area contributed by atoms with Gasteiger partial charge in [0.1, 0.15) is 0 Å². The van der Waals surface area contributed by atoms with Crippen LogP contribution in [0.15, 0.2) is 53.5 Å². The van der Waals surface area contributed by atoms with Gasteiger partial charge in [0.15, 0.2) is 11.1 Å². The number of hydrogen-bond donors (Lipinski definition) is 3. The van der Waals surface area contributed by atoms with Crippen LogP contribution in [-0.4, -0.2) is 23.9 Å². The van der Waals surface area contributed by atoms with E-state index in [4.69, 9.17) is 5.73 Å². The number of nitrogens with one attached hydrogen (secondary N) is 2. The molecule has 3 rings (SSSR count). The highest BCUT2D eigenvalue weighted by Gasteiger charge is 2.13. The number of amides is 1. The summed E-state index contributed by atoms with van der Waals surface area (Å²) in [7, 11) is 1.65. The van der Waals surface area contributed by atoms with E-state index in [1.165, 1.54) is 28.5 Å². The number of aryl methyl sites for hydroxylation is 3. The third-order valence-electron chi connectivity index (χ3n) is 4.66. The van der Waals surface area contributed by atoms with Gasteiger partial charge in [0, 0.05) is 31.0 Å². The van der Waals surface area contributed by atoms with Gasteiger partial charge in [-0.3, -0.25) is 9.79 Å². The minimum absolute atomic E-state index is 0.102. The normalized spacial score (nSPS) is 11.4. The second-order valence-electron chi connectivity index (χ2n) is 7.16. The smallest absolute Gasteiger partial charge is 0.223 e. The molecule has 0 bridgehead atoms. The molecule has 0 unspecified atom stereocenters. The maximum absolute atomic E-state index is 11.5. The van der Waals surface area contributed by atoms with Crippen LogP contribution in [0.3, 0.4) is 0 Å². The monoisotopic (exact) mass is 421 g/mol. The fourth-order valence-electron chi connectivity index (χ4n) is 3.03. The molecule has 1 heterocycles. The van der Waals surface area contributed by atoms with Gasteiger partial charge in [-0.15, -0.1) is 11.3 Å². The topological polar surface area (TPSA) is 92.4 Å². The van der Waals surface area contributed by atoms with Crippen LogP contribution >= 0.6 is 11.3 Å². The number of carbonyl (C=O) groups is 1. The number of nitrogens with zero attached hydrogens (tertiary/aromatic N) is 2. The molecule has 0 radical (unpaired) electrons. The van der Waals surface area contributed by atoms with Gasteiger partial charge in [0.2, 0.25) is 5.91 Å². The highest BCUT2D eigenvalue weighted by molar-refractivity contribution is 7.15. The lowest BCUT2D eigenvalue weighted by Gasteiger charge is -2.07. The second-order valence-corrected chi connectivity index (χ2v) is 8.25. The molecular formula is C23H27N5OS. The fraction of sp³-hybridized carbons (Fsp3) is 0.261. The fourth-order valence-corrected chi connectivity index (χ4v) is 4.12. The van der Waals surface area contributed by atoms with E-state index in [9.17, 15) is 4.79 Å². The molecule has 0 aliphatic carbocycles. The third-order valence-corrected chi connectivity index (χ3v) is 5.68. The van der Waals surface area contributed by atoms with E-state index in [1.807, 2.05) is 12.1 Å². The highest BCUT2D eigenvalue weighted by atomic mass is 32.1. The minimum atomic E-state index is -0.102. The van der Waals surface area contributed by atoms with Gasteiger partial charge in [0.25, 0.3) is 0 Å². The van der Waals surface area contributed by atoms with E-state index >= 15 is 0 Å². The van der Waals surface area contributed by atoms with E-state index in [-0.39, 0.29) is 5.91 Å². The van der Waals surface area contributed by atoms with Crippen molar-refractivity contribution in [3.8, 4) is 0 Å². The molecule has 1 amide bonds. The number of anilines is 2. The molecule has 30 heavy (non-hydrogen) atoms. The Morgan fingerprint density at radius 3 is 2.33 bits per heavy atom. The lowest BCUT2D eigenvalue weighted by atomic mass is 10.0. The maximum Gasteiger partial charge on any atom is 0.223 e. The van der Waals surface area contributed by atoms with Crippen LogP contribution in [0.2, 0.25) is 0 Å². The van der Waals surface area contributed by atoms with E-state index in [0.29, 0.717) is 11.1 Å². The van der Waals surface area contributed by atoms with E-state index < -0.39 is 0 Å². The molecule has 0 fully saturated rings. The standard InChI is InChI=1S/C23H27N5OS/c1-15-4-6-18(7-5-15)14-21-20(28-23(30-21)26-16(2)29)13-10-17-8-11-19(12-9-17)27-22(24)25-3/h4-9,11-12H,10,13-14H2,1-3H3,(H3,24,25,27)(H,26,28,29). The summed E-state index contributed by atoms with van der Waals surface area (Å²) in [6.07, 6.45) is 2.48. The van der Waals surface area contributed by atoms with Crippen LogP contribution in [0.4, 0.5) is 10.8 Å². The Kier molecular flexibility index (Phi) is 7.19. The van der Waals surface area contributed by atoms with Crippen LogP contribution in [0.25, 0.3) is 0 Å². The molecule has 0 spiro atoms. The van der Waals surface area contributed by atoms with Crippen LogP contribution in [-0.2, 0) is 24.1 Å². The minimum Gasteiger partial charge on any atom is -0.370 e. The van der Waals surface area contributed by atoms with Crippen molar-refractivity contribution in [2.45, 2.75) is 33.1 Å². The third kappa shape index (κ3) is 6.15. The Morgan fingerprint density at radius 1 is 1.03 bits per heavy atom. The van der Waals surface area contributed by atoms with Crippen molar-refractivity contribution in [1.29, 1.82) is 0 Å². The van der Waals surface area contributed by atoms with Crippen molar-refractivity contribution in [3.63, 3.8) is 0 Å². The molecular weight excluding hydrogens is 394 g/mol.